The molecule has 1 aliphatic carbocycles. The van der Waals surface area contributed by atoms with Crippen molar-refractivity contribution >= 4 is 0 Å². The SMILES string of the molecule is C=C/C=C\C(C)=C(/C)NC1CCCCC1C. The van der Waals surface area contributed by atoms with Crippen LogP contribution in [0.15, 0.2) is 36.1 Å². The van der Waals surface area contributed by atoms with Crippen molar-refractivity contribution in [2.75, 3.05) is 0 Å². The van der Waals surface area contributed by atoms with Gasteiger partial charge < -0.3 is 5.32 Å². The minimum atomic E-state index is 0.667. The average molecular weight is 219 g/mol. The molecule has 0 aromatic heterocycles. The van der Waals surface area contributed by atoms with E-state index in [9.17, 15) is 0 Å². The van der Waals surface area contributed by atoms with E-state index in [1.807, 2.05) is 12.2 Å². The van der Waals surface area contributed by atoms with E-state index in [-0.39, 0.29) is 0 Å². The minimum Gasteiger partial charge on any atom is -0.385 e. The van der Waals surface area contributed by atoms with E-state index in [0.717, 1.165) is 5.92 Å². The summed E-state index contributed by atoms with van der Waals surface area (Å²) < 4.78 is 0. The van der Waals surface area contributed by atoms with Crippen LogP contribution in [0.25, 0.3) is 0 Å². The van der Waals surface area contributed by atoms with Gasteiger partial charge in [0.25, 0.3) is 0 Å². The Morgan fingerprint density at radius 1 is 1.25 bits per heavy atom. The molecule has 0 spiro atoms. The summed E-state index contributed by atoms with van der Waals surface area (Å²) >= 11 is 0. The van der Waals surface area contributed by atoms with Crippen LogP contribution < -0.4 is 5.32 Å². The molecule has 1 heteroatoms. The van der Waals surface area contributed by atoms with Crippen molar-refractivity contribution in [1.82, 2.24) is 5.32 Å². The van der Waals surface area contributed by atoms with Crippen LogP contribution in [0.5, 0.6) is 0 Å². The number of hydrogen-bond acceptors (Lipinski definition) is 1. The van der Waals surface area contributed by atoms with Gasteiger partial charge in [0.2, 0.25) is 0 Å². The highest BCUT2D eigenvalue weighted by molar-refractivity contribution is 5.24. The van der Waals surface area contributed by atoms with E-state index in [0.29, 0.717) is 6.04 Å². The van der Waals surface area contributed by atoms with Crippen molar-refractivity contribution in [1.29, 1.82) is 0 Å². The lowest BCUT2D eigenvalue weighted by Gasteiger charge is -2.31. The molecule has 90 valence electrons. The van der Waals surface area contributed by atoms with E-state index in [1.54, 1.807) is 0 Å². The minimum absolute atomic E-state index is 0.667. The van der Waals surface area contributed by atoms with Gasteiger partial charge in [0.05, 0.1) is 0 Å². The fraction of sp³-hybridized carbons (Fsp3) is 0.600. The van der Waals surface area contributed by atoms with Crippen LogP contribution in [0.1, 0.15) is 46.5 Å². The molecular formula is C15H25N. The molecule has 16 heavy (non-hydrogen) atoms. The molecule has 1 fully saturated rings. The van der Waals surface area contributed by atoms with Crippen molar-refractivity contribution in [3.05, 3.63) is 36.1 Å². The summed E-state index contributed by atoms with van der Waals surface area (Å²) in [6, 6.07) is 0.667. The van der Waals surface area contributed by atoms with Gasteiger partial charge in [0, 0.05) is 11.7 Å². The number of hydrogen-bond donors (Lipinski definition) is 1. The Kier molecular flexibility index (Phi) is 5.37. The molecule has 1 rings (SSSR count). The molecule has 0 aromatic rings. The molecule has 0 radical (unpaired) electrons. The maximum absolute atomic E-state index is 3.69. The van der Waals surface area contributed by atoms with Crippen LogP contribution in [0, 0.1) is 5.92 Å². The van der Waals surface area contributed by atoms with E-state index in [2.05, 4.69) is 38.7 Å². The molecule has 0 amide bonds. The summed E-state index contributed by atoms with van der Waals surface area (Å²) in [6.45, 7) is 10.4. The third kappa shape index (κ3) is 3.88. The summed E-state index contributed by atoms with van der Waals surface area (Å²) in [5, 5.41) is 3.67. The second-order valence-electron chi connectivity index (χ2n) is 4.92. The van der Waals surface area contributed by atoms with Gasteiger partial charge in [-0.1, -0.05) is 44.6 Å². The molecule has 0 bridgehead atoms. The van der Waals surface area contributed by atoms with Gasteiger partial charge in [-0.15, -0.1) is 0 Å². The van der Waals surface area contributed by atoms with Gasteiger partial charge in [0.1, 0.15) is 0 Å². The maximum atomic E-state index is 3.69. The van der Waals surface area contributed by atoms with E-state index >= 15 is 0 Å². The molecular weight excluding hydrogens is 194 g/mol. The Morgan fingerprint density at radius 3 is 2.56 bits per heavy atom. The Balaban J connectivity index is 2.57. The molecule has 0 aromatic carbocycles. The van der Waals surface area contributed by atoms with Crippen LogP contribution in [-0.4, -0.2) is 6.04 Å². The monoisotopic (exact) mass is 219 g/mol. The lowest BCUT2D eigenvalue weighted by atomic mass is 9.86. The molecule has 2 unspecified atom stereocenters. The van der Waals surface area contributed by atoms with Crippen LogP contribution in [-0.2, 0) is 0 Å². The molecule has 1 saturated carbocycles. The topological polar surface area (TPSA) is 12.0 Å². The summed E-state index contributed by atoms with van der Waals surface area (Å²) in [5.74, 6) is 0.805. The lowest BCUT2D eigenvalue weighted by Crippen LogP contribution is -2.36. The lowest BCUT2D eigenvalue weighted by molar-refractivity contribution is 0.296. The smallest absolute Gasteiger partial charge is 0.0283 e. The van der Waals surface area contributed by atoms with Crippen molar-refractivity contribution in [2.45, 2.75) is 52.5 Å². The fourth-order valence-corrected chi connectivity index (χ4v) is 2.26. The first-order valence-corrected chi connectivity index (χ1v) is 6.38. The summed E-state index contributed by atoms with van der Waals surface area (Å²) in [5.41, 5.74) is 2.61. The van der Waals surface area contributed by atoms with Gasteiger partial charge in [-0.25, -0.2) is 0 Å². The Labute approximate surface area is 100 Å². The first-order chi connectivity index (χ1) is 7.65. The first-order valence-electron chi connectivity index (χ1n) is 6.38. The van der Waals surface area contributed by atoms with Crippen molar-refractivity contribution in [2.24, 2.45) is 5.92 Å². The van der Waals surface area contributed by atoms with Gasteiger partial charge in [-0.3, -0.25) is 0 Å². The molecule has 1 aliphatic rings. The van der Waals surface area contributed by atoms with Crippen LogP contribution in [0.2, 0.25) is 0 Å². The largest absolute Gasteiger partial charge is 0.385 e. The van der Waals surface area contributed by atoms with E-state index in [4.69, 9.17) is 0 Å². The molecule has 1 N–H and O–H groups in total. The first kappa shape index (κ1) is 13.1. The van der Waals surface area contributed by atoms with Crippen molar-refractivity contribution < 1.29 is 0 Å². The van der Waals surface area contributed by atoms with Gasteiger partial charge >= 0.3 is 0 Å². The van der Waals surface area contributed by atoms with E-state index in [1.165, 1.54) is 37.0 Å². The Hall–Kier alpha value is -0.980. The van der Waals surface area contributed by atoms with Crippen LogP contribution in [0.4, 0.5) is 0 Å². The molecule has 1 nitrogen and oxygen atoms in total. The van der Waals surface area contributed by atoms with Crippen molar-refractivity contribution in [3.8, 4) is 0 Å². The highest BCUT2D eigenvalue weighted by Crippen LogP contribution is 2.24. The predicted molar refractivity (Wildman–Crippen MR) is 72.3 cm³/mol. The third-order valence-electron chi connectivity index (χ3n) is 3.59. The number of nitrogens with one attached hydrogen (secondary N) is 1. The molecule has 0 aliphatic heterocycles. The fourth-order valence-electron chi connectivity index (χ4n) is 2.26. The van der Waals surface area contributed by atoms with Gasteiger partial charge in [-0.2, -0.15) is 0 Å². The quantitative estimate of drug-likeness (QED) is 0.699. The summed E-state index contributed by atoms with van der Waals surface area (Å²) in [6.07, 6.45) is 11.4. The van der Waals surface area contributed by atoms with Crippen molar-refractivity contribution in [3.63, 3.8) is 0 Å². The highest BCUT2D eigenvalue weighted by Gasteiger charge is 2.20. The van der Waals surface area contributed by atoms with Crippen LogP contribution in [0.3, 0.4) is 0 Å². The standard InChI is InChI=1S/C15H25N/c1-5-6-9-12(2)14(4)16-15-11-8-7-10-13(15)3/h5-6,9,13,15-16H,1,7-8,10-11H2,2-4H3/b9-6-,14-12+. The zero-order valence-electron chi connectivity index (χ0n) is 10.9. The molecule has 2 atom stereocenters. The zero-order chi connectivity index (χ0) is 12.0. The Bertz CT molecular complexity index is 286. The van der Waals surface area contributed by atoms with Gasteiger partial charge in [-0.05, 0) is 38.2 Å². The highest BCUT2D eigenvalue weighted by atomic mass is 14.9. The number of allylic oxidation sites excluding steroid dienone is 5. The van der Waals surface area contributed by atoms with E-state index < -0.39 is 0 Å². The third-order valence-corrected chi connectivity index (χ3v) is 3.59. The average Bonchev–Trinajstić information content (AvgIpc) is 2.28. The second kappa shape index (κ2) is 6.57. The second-order valence-corrected chi connectivity index (χ2v) is 4.92. The maximum Gasteiger partial charge on any atom is 0.0283 e. The predicted octanol–water partition coefficient (Wildman–Crippen LogP) is 4.19. The van der Waals surface area contributed by atoms with Crippen LogP contribution >= 0.6 is 0 Å². The molecule has 0 heterocycles. The Morgan fingerprint density at radius 2 is 1.94 bits per heavy atom. The van der Waals surface area contributed by atoms with Gasteiger partial charge in [0.15, 0.2) is 0 Å². The zero-order valence-corrected chi connectivity index (χ0v) is 10.9. The normalized spacial score (nSPS) is 27.7. The summed E-state index contributed by atoms with van der Waals surface area (Å²) in [7, 11) is 0. The molecule has 0 saturated heterocycles. The summed E-state index contributed by atoms with van der Waals surface area (Å²) in [4.78, 5) is 0. The number of rotatable bonds is 4.